The lowest BCUT2D eigenvalue weighted by Gasteiger charge is -2.53. The quantitative estimate of drug-likeness (QED) is 0.575. The van der Waals surface area contributed by atoms with Crippen molar-refractivity contribution < 1.29 is 67.2 Å². The topological polar surface area (TPSA) is 36.9 Å². The van der Waals surface area contributed by atoms with Crippen LogP contribution in [-0.4, -0.2) is 47.6 Å². The maximum atomic E-state index is 14.3. The fourth-order valence-corrected chi connectivity index (χ4v) is 2.86. The Balaban J connectivity index is 2.51. The van der Waals surface area contributed by atoms with E-state index in [9.17, 15) is 48.3 Å². The summed E-state index contributed by atoms with van der Waals surface area (Å²) in [6.07, 6.45) is -19.9. The van der Waals surface area contributed by atoms with Crippen molar-refractivity contribution in [3.63, 3.8) is 0 Å². The molecule has 0 saturated carbocycles. The first-order chi connectivity index (χ1) is 12.1. The average molecular weight is 442 g/mol. The molecular weight excluding hydrogens is 429 g/mol. The van der Waals surface area contributed by atoms with Crippen molar-refractivity contribution in [2.75, 3.05) is 0 Å². The van der Waals surface area contributed by atoms with E-state index in [0.717, 1.165) is 6.92 Å². The van der Waals surface area contributed by atoms with E-state index in [1.165, 1.54) is 0 Å². The van der Waals surface area contributed by atoms with Crippen molar-refractivity contribution in [1.82, 2.24) is 0 Å². The molecule has 4 nitrogen and oxygen atoms in total. The second-order valence-electron chi connectivity index (χ2n) is 6.60. The molecule has 0 aromatic carbocycles. The van der Waals surface area contributed by atoms with Gasteiger partial charge in [0.2, 0.25) is 0 Å². The second kappa shape index (κ2) is 5.82. The number of ether oxygens (including phenoxy) is 4. The van der Waals surface area contributed by atoms with Gasteiger partial charge in [-0.25, -0.2) is 4.39 Å². The normalized spacial score (nSPS) is 41.8. The summed E-state index contributed by atoms with van der Waals surface area (Å²) in [6, 6.07) is 0. The Morgan fingerprint density at radius 1 is 0.714 bits per heavy atom. The van der Waals surface area contributed by atoms with E-state index in [4.69, 9.17) is 0 Å². The molecule has 166 valence electrons. The largest absolute Gasteiger partial charge is 0.455 e. The molecule has 0 spiro atoms. The molecule has 15 heteroatoms. The molecule has 0 aromatic rings. The fourth-order valence-electron chi connectivity index (χ4n) is 2.86. The molecule has 2 fully saturated rings. The van der Waals surface area contributed by atoms with E-state index in [0.29, 0.717) is 6.92 Å². The minimum Gasteiger partial charge on any atom is -0.308 e. The Morgan fingerprint density at radius 2 is 1.14 bits per heavy atom. The summed E-state index contributed by atoms with van der Waals surface area (Å²) in [7, 11) is 0. The van der Waals surface area contributed by atoms with Gasteiger partial charge in [0.15, 0.2) is 11.6 Å². The van der Waals surface area contributed by atoms with Gasteiger partial charge in [-0.05, 0) is 13.3 Å². The van der Waals surface area contributed by atoms with E-state index in [2.05, 4.69) is 18.9 Å². The highest BCUT2D eigenvalue weighted by Gasteiger charge is 2.85. The zero-order chi connectivity index (χ0) is 22.2. The van der Waals surface area contributed by atoms with Crippen molar-refractivity contribution in [2.24, 2.45) is 0 Å². The smallest absolute Gasteiger partial charge is 0.308 e. The second-order valence-corrected chi connectivity index (χ2v) is 6.60. The molecule has 3 unspecified atom stereocenters. The van der Waals surface area contributed by atoms with Crippen molar-refractivity contribution in [1.29, 1.82) is 0 Å². The van der Waals surface area contributed by atoms with Crippen LogP contribution in [0.2, 0.25) is 0 Å². The molecule has 0 N–H and O–H groups in total. The lowest BCUT2D eigenvalue weighted by atomic mass is 9.95. The SMILES string of the molecule is CCC1(CC2(C)OC(F)(F)C(F)(F)O2)OC(C)(F)C(F)(F)C(F)(C(F)(F)F)O1. The monoisotopic (exact) mass is 442 g/mol. The molecule has 2 heterocycles. The molecule has 0 aromatic heterocycles. The summed E-state index contributed by atoms with van der Waals surface area (Å²) >= 11 is 0. The van der Waals surface area contributed by atoms with E-state index in [1.54, 1.807) is 0 Å². The van der Waals surface area contributed by atoms with Crippen molar-refractivity contribution in [3.8, 4) is 0 Å². The summed E-state index contributed by atoms with van der Waals surface area (Å²) in [6.45, 7) is 0.897. The van der Waals surface area contributed by atoms with Crippen molar-refractivity contribution in [3.05, 3.63) is 0 Å². The minimum atomic E-state index is -6.53. The molecule has 0 bridgehead atoms. The van der Waals surface area contributed by atoms with Gasteiger partial charge in [0.1, 0.15) is 0 Å². The molecule has 0 aliphatic carbocycles. The predicted octanol–water partition coefficient (Wildman–Crippen LogP) is 5.03. The van der Waals surface area contributed by atoms with E-state index >= 15 is 0 Å². The molecule has 28 heavy (non-hydrogen) atoms. The maximum Gasteiger partial charge on any atom is 0.455 e. The van der Waals surface area contributed by atoms with E-state index in [1.807, 2.05) is 0 Å². The standard InChI is InChI=1S/C13H13F11O4/c1-4-8(5-6(2)25-12(21,22)13(23,24)26-6)27-7(3,14)9(15,16)10(17,28-8)11(18,19)20/h4-5H2,1-3H3. The van der Waals surface area contributed by atoms with Gasteiger partial charge in [0.05, 0.1) is 6.42 Å². The van der Waals surface area contributed by atoms with Gasteiger partial charge < -0.3 is 9.47 Å². The highest BCUT2D eigenvalue weighted by Crippen LogP contribution is 2.61. The molecule has 3 atom stereocenters. The zero-order valence-electron chi connectivity index (χ0n) is 14.2. The van der Waals surface area contributed by atoms with Crippen LogP contribution in [0.4, 0.5) is 48.3 Å². The third kappa shape index (κ3) is 3.13. The molecule has 0 radical (unpaired) electrons. The van der Waals surface area contributed by atoms with E-state index < -0.39 is 60.4 Å². The maximum absolute atomic E-state index is 14.3. The zero-order valence-corrected chi connectivity index (χ0v) is 14.2. The van der Waals surface area contributed by atoms with Crippen LogP contribution in [0.25, 0.3) is 0 Å². The Kier molecular flexibility index (Phi) is 4.85. The Morgan fingerprint density at radius 3 is 1.50 bits per heavy atom. The van der Waals surface area contributed by atoms with Gasteiger partial charge in [-0.2, -0.15) is 43.9 Å². The average Bonchev–Trinajstić information content (AvgIpc) is 2.57. The Hall–Kier alpha value is -0.930. The van der Waals surface area contributed by atoms with Gasteiger partial charge in [0.25, 0.3) is 5.85 Å². The minimum absolute atomic E-state index is 0.262. The van der Waals surface area contributed by atoms with Crippen LogP contribution in [0, 0.1) is 0 Å². The Labute approximate surface area is 149 Å². The number of rotatable bonds is 3. The van der Waals surface area contributed by atoms with Crippen LogP contribution in [0.1, 0.15) is 33.6 Å². The van der Waals surface area contributed by atoms with Gasteiger partial charge in [-0.15, -0.1) is 0 Å². The molecule has 2 aliphatic rings. The number of halogens is 11. The summed E-state index contributed by atoms with van der Waals surface area (Å²) in [5.74, 6) is -23.3. The first-order valence-corrected chi connectivity index (χ1v) is 7.48. The van der Waals surface area contributed by atoms with Crippen LogP contribution < -0.4 is 0 Å². The van der Waals surface area contributed by atoms with E-state index in [-0.39, 0.29) is 6.92 Å². The Bertz CT molecular complexity index is 618. The predicted molar refractivity (Wildman–Crippen MR) is 64.6 cm³/mol. The van der Waals surface area contributed by atoms with Crippen LogP contribution in [-0.2, 0) is 18.9 Å². The number of hydrogen-bond donors (Lipinski definition) is 0. The highest BCUT2D eigenvalue weighted by atomic mass is 19.4. The lowest BCUT2D eigenvalue weighted by Crippen LogP contribution is -2.74. The van der Waals surface area contributed by atoms with Crippen molar-refractivity contribution in [2.45, 2.75) is 81.2 Å². The van der Waals surface area contributed by atoms with Gasteiger partial charge >= 0.3 is 30.2 Å². The summed E-state index contributed by atoms with van der Waals surface area (Å²) in [4.78, 5) is 0. The summed E-state index contributed by atoms with van der Waals surface area (Å²) < 4.78 is 163. The van der Waals surface area contributed by atoms with Gasteiger partial charge in [-0.3, -0.25) is 9.47 Å². The summed E-state index contributed by atoms with van der Waals surface area (Å²) in [5, 5.41) is 0. The van der Waals surface area contributed by atoms with Gasteiger partial charge in [-0.1, -0.05) is 6.92 Å². The van der Waals surface area contributed by atoms with Gasteiger partial charge in [0, 0.05) is 6.92 Å². The molecule has 0 amide bonds. The van der Waals surface area contributed by atoms with Crippen LogP contribution in [0.3, 0.4) is 0 Å². The third-order valence-electron chi connectivity index (χ3n) is 4.19. The molecular formula is C13H13F11O4. The van der Waals surface area contributed by atoms with Crippen LogP contribution in [0.15, 0.2) is 0 Å². The molecule has 2 rings (SSSR count). The third-order valence-corrected chi connectivity index (χ3v) is 4.19. The molecule has 2 saturated heterocycles. The first kappa shape index (κ1) is 23.3. The fraction of sp³-hybridized carbons (Fsp3) is 1.00. The highest BCUT2D eigenvalue weighted by molar-refractivity contribution is 5.06. The lowest BCUT2D eigenvalue weighted by molar-refractivity contribution is -0.551. The number of hydrogen-bond acceptors (Lipinski definition) is 4. The number of alkyl halides is 11. The van der Waals surface area contributed by atoms with Crippen molar-refractivity contribution >= 4 is 0 Å². The van der Waals surface area contributed by atoms with Crippen LogP contribution >= 0.6 is 0 Å². The summed E-state index contributed by atoms with van der Waals surface area (Å²) in [5.41, 5.74) is 0. The van der Waals surface area contributed by atoms with Crippen LogP contribution in [0.5, 0.6) is 0 Å². The first-order valence-electron chi connectivity index (χ1n) is 7.48. The molecule has 2 aliphatic heterocycles.